The molecule has 1 atom stereocenters. The number of hydrogen-bond donors (Lipinski definition) is 3. The number of aromatic carboxylic acids is 1. The van der Waals surface area contributed by atoms with E-state index in [1.807, 2.05) is 0 Å². The molecule has 168 valence electrons. The fourth-order valence-corrected chi connectivity index (χ4v) is 4.98. The van der Waals surface area contributed by atoms with E-state index in [9.17, 15) is 23.4 Å². The summed E-state index contributed by atoms with van der Waals surface area (Å²) in [6.45, 7) is 2.39. The minimum absolute atomic E-state index is 0.0747. The first-order valence-corrected chi connectivity index (χ1v) is 11.7. The Morgan fingerprint density at radius 3 is 2.53 bits per heavy atom. The minimum atomic E-state index is -3.88. The van der Waals surface area contributed by atoms with Crippen molar-refractivity contribution in [3.63, 3.8) is 0 Å². The van der Waals surface area contributed by atoms with E-state index in [-0.39, 0.29) is 21.0 Å². The molecule has 0 aliphatic rings. The first-order valence-electron chi connectivity index (χ1n) is 9.87. The Labute approximate surface area is 191 Å². The average molecular weight is 475 g/mol. The van der Waals surface area contributed by atoms with Crippen LogP contribution in [-0.2, 0) is 16.3 Å². The van der Waals surface area contributed by atoms with E-state index in [0.717, 1.165) is 11.1 Å². The summed E-state index contributed by atoms with van der Waals surface area (Å²) < 4.78 is 25.9. The van der Waals surface area contributed by atoms with Gasteiger partial charge in [0.15, 0.2) is 5.69 Å². The summed E-state index contributed by atoms with van der Waals surface area (Å²) >= 11 is 5.94. The molecule has 0 saturated heterocycles. The molecule has 0 spiro atoms. The summed E-state index contributed by atoms with van der Waals surface area (Å²) in [7, 11) is -3.88. The third kappa shape index (κ3) is 5.52. The van der Waals surface area contributed by atoms with Gasteiger partial charge in [-0.15, -0.1) is 0 Å². The zero-order chi connectivity index (χ0) is 23.3. The second kappa shape index (κ2) is 10.2. The number of nitrogens with zero attached hydrogens (tertiary/aromatic N) is 1. The maximum Gasteiger partial charge on any atom is 0.354 e. The van der Waals surface area contributed by atoms with E-state index in [4.69, 9.17) is 11.6 Å². The molecule has 32 heavy (non-hydrogen) atoms. The third-order valence-corrected chi connectivity index (χ3v) is 7.19. The number of aliphatic hydroxyl groups excluding tert-OH is 1. The summed E-state index contributed by atoms with van der Waals surface area (Å²) in [5, 5.41) is 23.2. The molecule has 0 amide bonds. The monoisotopic (exact) mass is 474 g/mol. The van der Waals surface area contributed by atoms with Gasteiger partial charge in [0.2, 0.25) is 9.84 Å². The van der Waals surface area contributed by atoms with Crippen LogP contribution in [0.15, 0.2) is 70.6 Å². The Morgan fingerprint density at radius 1 is 1.16 bits per heavy atom. The number of benzene rings is 2. The van der Waals surface area contributed by atoms with Gasteiger partial charge >= 0.3 is 5.97 Å². The third-order valence-electron chi connectivity index (χ3n) is 5.04. The van der Waals surface area contributed by atoms with Crippen LogP contribution in [0.3, 0.4) is 0 Å². The number of pyridine rings is 1. The summed E-state index contributed by atoms with van der Waals surface area (Å²) in [6, 6.07) is 14.8. The van der Waals surface area contributed by atoms with E-state index in [1.54, 1.807) is 36.4 Å². The molecule has 7 nitrogen and oxygen atoms in total. The van der Waals surface area contributed by atoms with Crippen molar-refractivity contribution in [3.05, 3.63) is 88.2 Å². The number of carboxylic acids is 1. The van der Waals surface area contributed by atoms with E-state index < -0.39 is 21.9 Å². The van der Waals surface area contributed by atoms with E-state index in [2.05, 4.69) is 10.3 Å². The quantitative estimate of drug-likeness (QED) is 0.407. The van der Waals surface area contributed by atoms with Crippen LogP contribution >= 0.6 is 11.6 Å². The summed E-state index contributed by atoms with van der Waals surface area (Å²) in [5.41, 5.74) is 1.48. The summed E-state index contributed by atoms with van der Waals surface area (Å²) in [6.07, 6.45) is 1.14. The highest BCUT2D eigenvalue weighted by molar-refractivity contribution is 7.91. The van der Waals surface area contributed by atoms with Crippen LogP contribution in [0.4, 0.5) is 0 Å². The molecule has 0 fully saturated rings. The van der Waals surface area contributed by atoms with Crippen LogP contribution in [0.5, 0.6) is 0 Å². The van der Waals surface area contributed by atoms with Crippen LogP contribution in [-0.4, -0.2) is 42.7 Å². The van der Waals surface area contributed by atoms with Crippen molar-refractivity contribution in [2.75, 3.05) is 13.1 Å². The predicted octanol–water partition coefficient (Wildman–Crippen LogP) is 3.44. The number of sulfone groups is 1. The van der Waals surface area contributed by atoms with Crippen LogP contribution in [0.25, 0.3) is 0 Å². The smallest absolute Gasteiger partial charge is 0.354 e. The molecule has 2 aromatic carbocycles. The van der Waals surface area contributed by atoms with Crippen LogP contribution < -0.4 is 5.32 Å². The van der Waals surface area contributed by atoms with Gasteiger partial charge in [-0.3, -0.25) is 0 Å². The average Bonchev–Trinajstić information content (AvgIpc) is 2.76. The lowest BCUT2D eigenvalue weighted by atomic mass is 10.1. The molecule has 0 saturated carbocycles. The molecule has 0 aliphatic carbocycles. The number of aliphatic hydroxyl groups is 1. The molecule has 3 aromatic rings. The van der Waals surface area contributed by atoms with E-state index in [0.29, 0.717) is 24.5 Å². The van der Waals surface area contributed by atoms with Gasteiger partial charge < -0.3 is 15.5 Å². The highest BCUT2D eigenvalue weighted by Gasteiger charge is 2.23. The largest absolute Gasteiger partial charge is 0.477 e. The molecular formula is C23H23ClN2O5S. The standard InChI is InChI=1S/C23H23ClN2O5S/c1-15-21(10-12-26-22(15)23(28)29)32(30,31)19-7-5-16(6-8-19)9-11-25-14-20(27)17-3-2-4-18(24)13-17/h2-8,10,12-13,20,25,27H,9,11,14H2,1H3,(H,28,29). The molecule has 0 radical (unpaired) electrons. The van der Waals surface area contributed by atoms with E-state index in [1.165, 1.54) is 31.3 Å². The predicted molar refractivity (Wildman–Crippen MR) is 121 cm³/mol. The van der Waals surface area contributed by atoms with Crippen molar-refractivity contribution in [3.8, 4) is 0 Å². The molecule has 1 unspecified atom stereocenters. The number of hydrogen-bond acceptors (Lipinski definition) is 6. The van der Waals surface area contributed by atoms with Gasteiger partial charge in [0.1, 0.15) is 0 Å². The number of nitrogens with one attached hydrogen (secondary N) is 1. The maximum absolute atomic E-state index is 13.0. The van der Waals surface area contributed by atoms with E-state index >= 15 is 0 Å². The van der Waals surface area contributed by atoms with Gasteiger partial charge in [-0.05, 0) is 61.3 Å². The highest BCUT2D eigenvalue weighted by atomic mass is 35.5. The van der Waals surface area contributed by atoms with Crippen molar-refractivity contribution < 1.29 is 23.4 Å². The van der Waals surface area contributed by atoms with Crippen LogP contribution in [0.2, 0.25) is 5.02 Å². The Hall–Kier alpha value is -2.78. The molecule has 0 aliphatic heterocycles. The number of aromatic nitrogens is 1. The fraction of sp³-hybridized carbons (Fsp3) is 0.217. The molecule has 0 bridgehead atoms. The van der Waals surface area contributed by atoms with Crippen LogP contribution in [0.1, 0.15) is 33.3 Å². The molecule has 9 heteroatoms. The second-order valence-electron chi connectivity index (χ2n) is 7.26. The summed E-state index contributed by atoms with van der Waals surface area (Å²) in [4.78, 5) is 15.0. The van der Waals surface area contributed by atoms with Gasteiger partial charge in [-0.2, -0.15) is 0 Å². The second-order valence-corrected chi connectivity index (χ2v) is 9.61. The van der Waals surface area contributed by atoms with Crippen molar-refractivity contribution in [1.82, 2.24) is 10.3 Å². The minimum Gasteiger partial charge on any atom is -0.477 e. The zero-order valence-electron chi connectivity index (χ0n) is 17.3. The van der Waals surface area contributed by atoms with Crippen molar-refractivity contribution in [2.24, 2.45) is 0 Å². The van der Waals surface area contributed by atoms with Gasteiger partial charge in [0, 0.05) is 23.3 Å². The molecule has 1 aromatic heterocycles. The fourth-order valence-electron chi connectivity index (χ4n) is 3.29. The number of halogens is 1. The Balaban J connectivity index is 1.61. The summed E-state index contributed by atoms with van der Waals surface area (Å²) in [5.74, 6) is -1.28. The molecular weight excluding hydrogens is 452 g/mol. The topological polar surface area (TPSA) is 117 Å². The lowest BCUT2D eigenvalue weighted by Crippen LogP contribution is -2.23. The number of carboxylic acid groups (broad SMARTS) is 1. The maximum atomic E-state index is 13.0. The SMILES string of the molecule is Cc1c(S(=O)(=O)c2ccc(CCNCC(O)c3cccc(Cl)c3)cc2)ccnc1C(=O)O. The Kier molecular flexibility index (Phi) is 7.63. The number of carbonyl (C=O) groups is 1. The van der Waals surface area contributed by atoms with Crippen LogP contribution in [0, 0.1) is 6.92 Å². The van der Waals surface area contributed by atoms with Crippen molar-refractivity contribution in [2.45, 2.75) is 29.2 Å². The lowest BCUT2D eigenvalue weighted by Gasteiger charge is -2.13. The highest BCUT2D eigenvalue weighted by Crippen LogP contribution is 2.25. The Bertz CT molecular complexity index is 1210. The lowest BCUT2D eigenvalue weighted by molar-refractivity contribution is 0.0689. The van der Waals surface area contributed by atoms with Gasteiger partial charge in [-0.25, -0.2) is 18.2 Å². The Morgan fingerprint density at radius 2 is 1.88 bits per heavy atom. The van der Waals surface area contributed by atoms with Crippen molar-refractivity contribution >= 4 is 27.4 Å². The molecule has 3 rings (SSSR count). The molecule has 3 N–H and O–H groups in total. The number of rotatable bonds is 9. The van der Waals surface area contributed by atoms with Gasteiger partial charge in [-0.1, -0.05) is 35.9 Å². The van der Waals surface area contributed by atoms with Gasteiger partial charge in [0.05, 0.1) is 15.9 Å². The first kappa shape index (κ1) is 23.9. The zero-order valence-corrected chi connectivity index (χ0v) is 18.9. The first-order chi connectivity index (χ1) is 15.2. The molecule has 1 heterocycles. The normalized spacial score (nSPS) is 12.5. The van der Waals surface area contributed by atoms with Crippen molar-refractivity contribution in [1.29, 1.82) is 0 Å². The van der Waals surface area contributed by atoms with Gasteiger partial charge in [0.25, 0.3) is 0 Å².